The first kappa shape index (κ1) is 18.9. The molecule has 0 unspecified atom stereocenters. The molecule has 0 saturated carbocycles. The van der Waals surface area contributed by atoms with Gasteiger partial charge in [-0.2, -0.15) is 0 Å². The maximum Gasteiger partial charge on any atom is 0.332 e. The van der Waals surface area contributed by atoms with Crippen LogP contribution >= 0.6 is 0 Å². The van der Waals surface area contributed by atoms with Gasteiger partial charge in [-0.1, -0.05) is 18.2 Å². The molecule has 4 aromatic rings. The molecule has 1 amide bonds. The molecule has 0 fully saturated rings. The Balaban J connectivity index is 1.91. The SMILES string of the molecule is COc1ccc(-c2[nH]c3c(c2[C@H]2C(=O)Nc4ccccc42)c(=O)n(C)c(=O)n3C)cc1. The average molecular weight is 416 g/mol. The molecule has 2 aromatic heterocycles. The Bertz CT molecular complexity index is 1470. The summed E-state index contributed by atoms with van der Waals surface area (Å²) < 4.78 is 7.71. The summed E-state index contributed by atoms with van der Waals surface area (Å²) in [5.74, 6) is -0.214. The fraction of sp³-hybridized carbons (Fsp3) is 0.174. The molecule has 1 aliphatic heterocycles. The first-order valence-corrected chi connectivity index (χ1v) is 9.78. The molecule has 0 bridgehead atoms. The van der Waals surface area contributed by atoms with Crippen LogP contribution in [0, 0.1) is 0 Å². The van der Waals surface area contributed by atoms with Crippen LogP contribution in [0.5, 0.6) is 5.75 Å². The van der Waals surface area contributed by atoms with Crippen LogP contribution in [0.1, 0.15) is 17.0 Å². The van der Waals surface area contributed by atoms with Gasteiger partial charge in [0.25, 0.3) is 5.56 Å². The Morgan fingerprint density at radius 2 is 1.65 bits per heavy atom. The number of hydrogen-bond acceptors (Lipinski definition) is 4. The van der Waals surface area contributed by atoms with E-state index in [1.807, 2.05) is 48.5 Å². The number of hydrogen-bond donors (Lipinski definition) is 2. The van der Waals surface area contributed by atoms with Gasteiger partial charge < -0.3 is 15.0 Å². The highest BCUT2D eigenvalue weighted by molar-refractivity contribution is 6.08. The second-order valence-corrected chi connectivity index (χ2v) is 7.58. The summed E-state index contributed by atoms with van der Waals surface area (Å²) in [5.41, 5.74) is 2.95. The average Bonchev–Trinajstić information content (AvgIpc) is 3.33. The second-order valence-electron chi connectivity index (χ2n) is 7.58. The molecule has 0 radical (unpaired) electrons. The highest BCUT2D eigenvalue weighted by atomic mass is 16.5. The van der Waals surface area contributed by atoms with Crippen LogP contribution in [0.4, 0.5) is 5.69 Å². The van der Waals surface area contributed by atoms with E-state index in [-0.39, 0.29) is 5.91 Å². The summed E-state index contributed by atoms with van der Waals surface area (Å²) in [7, 11) is 4.63. The van der Waals surface area contributed by atoms with Crippen LogP contribution in [0.2, 0.25) is 0 Å². The van der Waals surface area contributed by atoms with E-state index in [2.05, 4.69) is 10.3 Å². The van der Waals surface area contributed by atoms with Crippen LogP contribution < -0.4 is 21.3 Å². The number of anilines is 1. The van der Waals surface area contributed by atoms with Crippen molar-refractivity contribution in [3.05, 3.63) is 80.5 Å². The molecular formula is C23H20N4O4. The lowest BCUT2D eigenvalue weighted by molar-refractivity contribution is -0.116. The van der Waals surface area contributed by atoms with Crippen LogP contribution in [0.25, 0.3) is 22.3 Å². The summed E-state index contributed by atoms with van der Waals surface area (Å²) in [6.45, 7) is 0. The maximum atomic E-state index is 13.2. The van der Waals surface area contributed by atoms with Crippen molar-refractivity contribution in [1.82, 2.24) is 14.1 Å². The van der Waals surface area contributed by atoms with E-state index < -0.39 is 17.2 Å². The van der Waals surface area contributed by atoms with Crippen LogP contribution in [-0.2, 0) is 18.9 Å². The van der Waals surface area contributed by atoms with Crippen molar-refractivity contribution < 1.29 is 9.53 Å². The molecule has 1 atom stereocenters. The standard InChI is InChI=1S/C23H20N4O4/c1-26-20-18(22(29)27(2)23(26)30)17(16-14-6-4-5-7-15(14)24-21(16)28)19(25-20)12-8-10-13(31-3)11-9-12/h4-11,16,25H,1-3H3,(H,24,28)/t16-/m0/s1. The number of methoxy groups -OCH3 is 1. The van der Waals surface area contributed by atoms with Crippen LogP contribution in [-0.4, -0.2) is 27.1 Å². The van der Waals surface area contributed by atoms with Gasteiger partial charge in [0.15, 0.2) is 0 Å². The second kappa shape index (κ2) is 6.73. The molecule has 0 aliphatic carbocycles. The van der Waals surface area contributed by atoms with Gasteiger partial charge in [0, 0.05) is 25.3 Å². The number of ether oxygens (including phenoxy) is 1. The van der Waals surface area contributed by atoms with Crippen molar-refractivity contribution in [2.45, 2.75) is 5.92 Å². The first-order chi connectivity index (χ1) is 14.9. The third-order valence-corrected chi connectivity index (χ3v) is 5.91. The predicted octanol–water partition coefficient (Wildman–Crippen LogP) is 2.32. The lowest BCUT2D eigenvalue weighted by Gasteiger charge is -2.12. The lowest BCUT2D eigenvalue weighted by Crippen LogP contribution is -2.37. The van der Waals surface area contributed by atoms with Gasteiger partial charge in [-0.15, -0.1) is 0 Å². The van der Waals surface area contributed by atoms with E-state index in [0.717, 1.165) is 15.7 Å². The van der Waals surface area contributed by atoms with Crippen molar-refractivity contribution in [3.63, 3.8) is 0 Å². The summed E-state index contributed by atoms with van der Waals surface area (Å²) >= 11 is 0. The number of carbonyl (C=O) groups is 1. The lowest BCUT2D eigenvalue weighted by atomic mass is 9.89. The molecular weight excluding hydrogens is 396 g/mol. The van der Waals surface area contributed by atoms with Gasteiger partial charge in [0.05, 0.1) is 24.1 Å². The van der Waals surface area contributed by atoms with Crippen molar-refractivity contribution >= 4 is 22.6 Å². The Hall–Kier alpha value is -4.07. The molecule has 1 aliphatic rings. The number of carbonyl (C=O) groups excluding carboxylic acids is 1. The van der Waals surface area contributed by atoms with E-state index >= 15 is 0 Å². The first-order valence-electron chi connectivity index (χ1n) is 9.78. The van der Waals surface area contributed by atoms with Gasteiger partial charge in [-0.3, -0.25) is 18.7 Å². The predicted molar refractivity (Wildman–Crippen MR) is 118 cm³/mol. The summed E-state index contributed by atoms with van der Waals surface area (Å²) in [4.78, 5) is 42.1. The number of para-hydroxylation sites is 1. The Kier molecular flexibility index (Phi) is 4.11. The van der Waals surface area contributed by atoms with E-state index in [9.17, 15) is 14.4 Å². The minimum atomic E-state index is -0.688. The summed E-state index contributed by atoms with van der Waals surface area (Å²) in [6.07, 6.45) is 0. The minimum Gasteiger partial charge on any atom is -0.497 e. The highest BCUT2D eigenvalue weighted by Crippen LogP contribution is 2.43. The number of fused-ring (bicyclic) bond motifs is 2. The fourth-order valence-corrected chi connectivity index (χ4v) is 4.31. The largest absolute Gasteiger partial charge is 0.497 e. The number of H-pyrrole nitrogens is 1. The van der Waals surface area contributed by atoms with Gasteiger partial charge in [-0.05, 0) is 41.5 Å². The van der Waals surface area contributed by atoms with Gasteiger partial charge in [0.1, 0.15) is 11.4 Å². The summed E-state index contributed by atoms with van der Waals surface area (Å²) in [6, 6.07) is 14.8. The molecule has 156 valence electrons. The Labute approximate surface area is 176 Å². The highest BCUT2D eigenvalue weighted by Gasteiger charge is 2.37. The van der Waals surface area contributed by atoms with Crippen LogP contribution in [0.3, 0.4) is 0 Å². The number of nitrogens with zero attached hydrogens (tertiary/aromatic N) is 2. The normalized spacial score (nSPS) is 15.2. The molecule has 8 nitrogen and oxygen atoms in total. The van der Waals surface area contributed by atoms with Gasteiger partial charge >= 0.3 is 5.69 Å². The quantitative estimate of drug-likeness (QED) is 0.536. The van der Waals surface area contributed by atoms with E-state index in [1.165, 1.54) is 11.6 Å². The summed E-state index contributed by atoms with van der Waals surface area (Å²) in [5, 5.41) is 3.23. The van der Waals surface area contributed by atoms with Crippen molar-refractivity contribution in [3.8, 4) is 17.0 Å². The third-order valence-electron chi connectivity index (χ3n) is 5.91. The molecule has 0 saturated heterocycles. The number of rotatable bonds is 3. The van der Waals surface area contributed by atoms with E-state index in [1.54, 1.807) is 14.2 Å². The molecule has 3 heterocycles. The number of aromatic nitrogens is 3. The van der Waals surface area contributed by atoms with Gasteiger partial charge in [-0.25, -0.2) is 4.79 Å². The topological polar surface area (TPSA) is 98.1 Å². The van der Waals surface area contributed by atoms with Crippen molar-refractivity contribution in [2.75, 3.05) is 12.4 Å². The van der Waals surface area contributed by atoms with E-state index in [4.69, 9.17) is 4.74 Å². The molecule has 2 aromatic carbocycles. The van der Waals surface area contributed by atoms with Crippen LogP contribution in [0.15, 0.2) is 58.1 Å². The third kappa shape index (κ3) is 2.64. The van der Waals surface area contributed by atoms with Crippen molar-refractivity contribution in [1.29, 1.82) is 0 Å². The maximum absolute atomic E-state index is 13.2. The Morgan fingerprint density at radius 3 is 2.35 bits per heavy atom. The molecule has 2 N–H and O–H groups in total. The zero-order chi connectivity index (χ0) is 21.9. The number of aryl methyl sites for hydroxylation is 1. The number of amides is 1. The van der Waals surface area contributed by atoms with Crippen molar-refractivity contribution in [2.24, 2.45) is 14.1 Å². The number of aromatic amines is 1. The minimum absolute atomic E-state index is 0.215. The fourth-order valence-electron chi connectivity index (χ4n) is 4.31. The van der Waals surface area contributed by atoms with Gasteiger partial charge in [0.2, 0.25) is 5.91 Å². The molecule has 8 heteroatoms. The molecule has 31 heavy (non-hydrogen) atoms. The van der Waals surface area contributed by atoms with E-state index in [0.29, 0.717) is 33.7 Å². The molecule has 5 rings (SSSR count). The molecule has 0 spiro atoms. The Morgan fingerprint density at radius 1 is 0.935 bits per heavy atom. The zero-order valence-corrected chi connectivity index (χ0v) is 17.2. The zero-order valence-electron chi connectivity index (χ0n) is 17.2. The number of benzene rings is 2. The monoisotopic (exact) mass is 416 g/mol. The number of nitrogens with one attached hydrogen (secondary N) is 2. The smallest absolute Gasteiger partial charge is 0.332 e.